The predicted molar refractivity (Wildman–Crippen MR) is 207 cm³/mol. The van der Waals surface area contributed by atoms with Crippen molar-refractivity contribution in [2.75, 3.05) is 0 Å². The molecule has 11 rings (SSSR count). The molecule has 1 aromatic heterocycles. The molecule has 8 aromatic rings. The lowest BCUT2D eigenvalue weighted by atomic mass is 9.70. The molecule has 3 aliphatic carbocycles. The molecular formula is C48H31N3. The number of aromatic nitrogens is 3. The Hall–Kier alpha value is -6.45. The van der Waals surface area contributed by atoms with Crippen molar-refractivity contribution in [1.29, 1.82) is 0 Å². The Bertz CT molecular complexity index is 2710. The molecule has 0 saturated carbocycles. The summed E-state index contributed by atoms with van der Waals surface area (Å²) in [5.74, 6) is 2.19. The maximum atomic E-state index is 5.41. The van der Waals surface area contributed by atoms with Crippen molar-refractivity contribution in [2.24, 2.45) is 0 Å². The summed E-state index contributed by atoms with van der Waals surface area (Å²) in [6, 6.07) is 54.9. The summed E-state index contributed by atoms with van der Waals surface area (Å²) in [5.41, 5.74) is 11.7. The van der Waals surface area contributed by atoms with Gasteiger partial charge in [-0.2, -0.15) is 0 Å². The smallest absolute Gasteiger partial charge is 0.164 e. The van der Waals surface area contributed by atoms with E-state index in [1.807, 2.05) is 6.07 Å². The van der Waals surface area contributed by atoms with Gasteiger partial charge in [-0.3, -0.25) is 0 Å². The van der Waals surface area contributed by atoms with Crippen LogP contribution in [0.3, 0.4) is 0 Å². The number of rotatable bonds is 4. The van der Waals surface area contributed by atoms with Crippen LogP contribution in [0.25, 0.3) is 61.0 Å². The number of nitrogens with zero attached hydrogens (tertiary/aromatic N) is 3. The van der Waals surface area contributed by atoms with E-state index in [9.17, 15) is 0 Å². The monoisotopic (exact) mass is 649 g/mol. The average Bonchev–Trinajstić information content (AvgIpc) is 3.69. The molecule has 238 valence electrons. The fraction of sp³-hybridized carbons (Fsp3) is 0.0625. The zero-order chi connectivity index (χ0) is 33.5. The van der Waals surface area contributed by atoms with Gasteiger partial charge in [-0.15, -0.1) is 0 Å². The van der Waals surface area contributed by atoms with E-state index in [1.54, 1.807) is 0 Å². The first-order chi connectivity index (χ1) is 25.3. The Kier molecular flexibility index (Phi) is 6.00. The minimum Gasteiger partial charge on any atom is -0.212 e. The summed E-state index contributed by atoms with van der Waals surface area (Å²) in [5, 5.41) is 5.28. The van der Waals surface area contributed by atoms with E-state index < -0.39 is 5.41 Å². The third-order valence-electron chi connectivity index (χ3n) is 11.3. The lowest BCUT2D eigenvalue weighted by Crippen LogP contribution is -2.26. The molecular weight excluding hydrogens is 619 g/mol. The zero-order valence-electron chi connectivity index (χ0n) is 27.8. The molecule has 1 heterocycles. The van der Waals surface area contributed by atoms with Crippen LogP contribution in [-0.2, 0) is 5.41 Å². The zero-order valence-corrected chi connectivity index (χ0v) is 27.8. The van der Waals surface area contributed by atoms with Gasteiger partial charge in [-0.25, -0.2) is 15.0 Å². The second-order valence-electron chi connectivity index (χ2n) is 13.8. The summed E-state index contributed by atoms with van der Waals surface area (Å²) >= 11 is 0. The van der Waals surface area contributed by atoms with Gasteiger partial charge in [0, 0.05) is 17.0 Å². The highest BCUT2D eigenvalue weighted by atomic mass is 15.0. The van der Waals surface area contributed by atoms with Crippen LogP contribution in [0, 0.1) is 0 Å². The summed E-state index contributed by atoms with van der Waals surface area (Å²) < 4.78 is 0. The molecule has 0 bridgehead atoms. The topological polar surface area (TPSA) is 38.7 Å². The van der Waals surface area contributed by atoms with Gasteiger partial charge in [0.25, 0.3) is 0 Å². The van der Waals surface area contributed by atoms with E-state index in [1.165, 1.54) is 66.1 Å². The highest BCUT2D eigenvalue weighted by Gasteiger charge is 2.51. The Morgan fingerprint density at radius 1 is 0.471 bits per heavy atom. The van der Waals surface area contributed by atoms with Crippen LogP contribution < -0.4 is 0 Å². The SMILES string of the molecule is C1=CCC(c2nc(-c3ccccc3)nc(-c3cccc4c3-c3ccccc3C43c4cccc5ccc6cccc3c6c45)n2)C(c2ccccc2)=C1. The van der Waals surface area contributed by atoms with Crippen LogP contribution in [0.1, 0.15) is 46.0 Å². The number of hydrogen-bond acceptors (Lipinski definition) is 3. The van der Waals surface area contributed by atoms with Crippen LogP contribution >= 0.6 is 0 Å². The standard InChI is InChI=1S/C48H31N3/c1-3-14-30(15-4-1)34-20-7-8-21-35(34)46-49-45(33-16-5-2-6-17-33)50-47(51-46)37-23-13-27-41-44(37)36-22-9-10-24-38(36)48(41)39-25-11-18-31-28-29-32-19-12-26-40(48)43(32)42(31)39/h1-20,22-29,35H,21H2. The van der Waals surface area contributed by atoms with Crippen LogP contribution in [-0.4, -0.2) is 15.0 Å². The van der Waals surface area contributed by atoms with E-state index in [-0.39, 0.29) is 5.92 Å². The van der Waals surface area contributed by atoms with Crippen LogP contribution in [0.2, 0.25) is 0 Å². The van der Waals surface area contributed by atoms with Gasteiger partial charge in [0.05, 0.1) is 5.41 Å². The number of allylic oxidation sites excluding steroid dienone is 4. The second kappa shape index (κ2) is 10.8. The molecule has 51 heavy (non-hydrogen) atoms. The van der Waals surface area contributed by atoms with E-state index in [0.29, 0.717) is 11.6 Å². The van der Waals surface area contributed by atoms with Gasteiger partial charge in [-0.1, -0.05) is 170 Å². The van der Waals surface area contributed by atoms with Crippen molar-refractivity contribution in [1.82, 2.24) is 15.0 Å². The van der Waals surface area contributed by atoms with Gasteiger partial charge >= 0.3 is 0 Å². The van der Waals surface area contributed by atoms with Crippen LogP contribution in [0.5, 0.6) is 0 Å². The third-order valence-corrected chi connectivity index (χ3v) is 11.3. The first-order valence-electron chi connectivity index (χ1n) is 17.7. The van der Waals surface area contributed by atoms with Gasteiger partial charge < -0.3 is 0 Å². The summed E-state index contributed by atoms with van der Waals surface area (Å²) in [4.78, 5) is 15.9. The molecule has 0 amide bonds. The molecule has 3 nitrogen and oxygen atoms in total. The van der Waals surface area contributed by atoms with Crippen LogP contribution in [0.4, 0.5) is 0 Å². The van der Waals surface area contributed by atoms with Crippen molar-refractivity contribution in [3.05, 3.63) is 204 Å². The Morgan fingerprint density at radius 3 is 1.80 bits per heavy atom. The van der Waals surface area contributed by atoms with Gasteiger partial charge in [0.2, 0.25) is 0 Å². The van der Waals surface area contributed by atoms with Crippen molar-refractivity contribution < 1.29 is 0 Å². The molecule has 1 atom stereocenters. The van der Waals surface area contributed by atoms with Crippen LogP contribution in [0.15, 0.2) is 170 Å². The lowest BCUT2D eigenvalue weighted by molar-refractivity contribution is 0.779. The lowest BCUT2D eigenvalue weighted by Gasteiger charge is -2.31. The number of hydrogen-bond donors (Lipinski definition) is 0. The van der Waals surface area contributed by atoms with Crippen molar-refractivity contribution in [3.8, 4) is 33.9 Å². The number of benzene rings is 7. The summed E-state index contributed by atoms with van der Waals surface area (Å²) in [6.07, 6.45) is 7.42. The Balaban J connectivity index is 1.19. The normalized spacial score (nSPS) is 16.2. The molecule has 7 aromatic carbocycles. The summed E-state index contributed by atoms with van der Waals surface area (Å²) in [6.45, 7) is 0. The van der Waals surface area contributed by atoms with E-state index in [4.69, 9.17) is 15.0 Å². The quantitative estimate of drug-likeness (QED) is 0.178. The maximum absolute atomic E-state index is 5.41. The Morgan fingerprint density at radius 2 is 1.06 bits per heavy atom. The van der Waals surface area contributed by atoms with Gasteiger partial charge in [0.15, 0.2) is 11.6 Å². The predicted octanol–water partition coefficient (Wildman–Crippen LogP) is 11.3. The van der Waals surface area contributed by atoms with E-state index >= 15 is 0 Å². The van der Waals surface area contributed by atoms with E-state index in [2.05, 4.69) is 164 Å². The van der Waals surface area contributed by atoms with Gasteiger partial charge in [-0.05, 0) is 72.5 Å². The van der Waals surface area contributed by atoms with Crippen molar-refractivity contribution in [2.45, 2.75) is 17.8 Å². The second-order valence-corrected chi connectivity index (χ2v) is 13.8. The molecule has 1 unspecified atom stereocenters. The van der Waals surface area contributed by atoms with Crippen molar-refractivity contribution >= 4 is 27.1 Å². The fourth-order valence-corrected chi connectivity index (χ4v) is 9.21. The number of fused-ring (bicyclic) bond motifs is 7. The first kappa shape index (κ1) is 28.4. The minimum atomic E-state index is -0.444. The highest BCUT2D eigenvalue weighted by Crippen LogP contribution is 2.63. The molecule has 0 saturated heterocycles. The Labute approximate surface area is 296 Å². The van der Waals surface area contributed by atoms with Gasteiger partial charge in [0.1, 0.15) is 5.82 Å². The average molecular weight is 650 g/mol. The van der Waals surface area contributed by atoms with Crippen molar-refractivity contribution in [3.63, 3.8) is 0 Å². The molecule has 1 spiro atoms. The molecule has 0 fully saturated rings. The molecule has 0 N–H and O–H groups in total. The molecule has 0 aliphatic heterocycles. The maximum Gasteiger partial charge on any atom is 0.164 e. The summed E-state index contributed by atoms with van der Waals surface area (Å²) in [7, 11) is 0. The minimum absolute atomic E-state index is 0.00321. The van der Waals surface area contributed by atoms with E-state index in [0.717, 1.165) is 23.4 Å². The first-order valence-corrected chi connectivity index (χ1v) is 17.7. The largest absolute Gasteiger partial charge is 0.212 e. The molecule has 0 radical (unpaired) electrons. The third kappa shape index (κ3) is 3.92. The fourth-order valence-electron chi connectivity index (χ4n) is 9.21. The molecule has 3 aliphatic rings. The highest BCUT2D eigenvalue weighted by molar-refractivity contribution is 6.17. The molecule has 3 heteroatoms.